The van der Waals surface area contributed by atoms with Crippen LogP contribution in [0.3, 0.4) is 0 Å². The van der Waals surface area contributed by atoms with E-state index in [-0.39, 0.29) is 36.4 Å². The number of carbonyl (C=O) groups excluding carboxylic acids is 2. The summed E-state index contributed by atoms with van der Waals surface area (Å²) in [4.78, 5) is 36.2. The molecule has 162 valence electrons. The summed E-state index contributed by atoms with van der Waals surface area (Å²) in [5.74, 6) is -0.116. The molecule has 0 radical (unpaired) electrons. The van der Waals surface area contributed by atoms with E-state index in [0.29, 0.717) is 31.9 Å². The van der Waals surface area contributed by atoms with E-state index in [2.05, 4.69) is 9.88 Å². The molecule has 0 aliphatic carbocycles. The van der Waals surface area contributed by atoms with Gasteiger partial charge in [-0.2, -0.15) is 0 Å². The number of aliphatic hydroxyl groups is 1. The molecule has 2 amide bonds. The second kappa shape index (κ2) is 8.37. The Labute approximate surface area is 181 Å². The third-order valence-electron chi connectivity index (χ3n) is 6.59. The SMILES string of the molecule is O=C(c1cccnc1)N1C[C@@H]2[C@H](c3ccccc31)[C@H](CO)N2C(=O)CN1CCOCC1. The zero-order valence-corrected chi connectivity index (χ0v) is 17.3. The molecule has 0 unspecified atom stereocenters. The molecular formula is C23H26N4O4. The Morgan fingerprint density at radius 1 is 1.13 bits per heavy atom. The smallest absolute Gasteiger partial charge is 0.259 e. The minimum absolute atomic E-state index is 0.00430. The van der Waals surface area contributed by atoms with Crippen LogP contribution in [0, 0.1) is 0 Å². The third kappa shape index (κ3) is 3.50. The van der Waals surface area contributed by atoms with Gasteiger partial charge in [0.2, 0.25) is 5.91 Å². The van der Waals surface area contributed by atoms with Gasteiger partial charge in [0.15, 0.2) is 0 Å². The number of carbonyl (C=O) groups is 2. The molecule has 0 saturated carbocycles. The molecule has 3 aliphatic heterocycles. The number of para-hydroxylation sites is 1. The Morgan fingerprint density at radius 3 is 2.68 bits per heavy atom. The maximum atomic E-state index is 13.3. The molecule has 4 heterocycles. The molecule has 8 nitrogen and oxygen atoms in total. The number of likely N-dealkylation sites (tertiary alicyclic amines) is 1. The first-order chi connectivity index (χ1) is 15.2. The summed E-state index contributed by atoms with van der Waals surface area (Å²) in [7, 11) is 0. The highest BCUT2D eigenvalue weighted by molar-refractivity contribution is 6.07. The van der Waals surface area contributed by atoms with Crippen LogP contribution in [0.4, 0.5) is 5.69 Å². The van der Waals surface area contributed by atoms with Gasteiger partial charge in [-0.3, -0.25) is 19.5 Å². The molecule has 31 heavy (non-hydrogen) atoms. The monoisotopic (exact) mass is 422 g/mol. The molecule has 8 heteroatoms. The highest BCUT2D eigenvalue weighted by Gasteiger charge is 2.55. The zero-order chi connectivity index (χ0) is 21.4. The number of aliphatic hydroxyl groups excluding tert-OH is 1. The molecule has 0 bridgehead atoms. The summed E-state index contributed by atoms with van der Waals surface area (Å²) in [6.07, 6.45) is 3.20. The van der Waals surface area contributed by atoms with Crippen LogP contribution in [0.2, 0.25) is 0 Å². The minimum Gasteiger partial charge on any atom is -0.394 e. The van der Waals surface area contributed by atoms with Crippen molar-refractivity contribution in [2.75, 3.05) is 50.9 Å². The van der Waals surface area contributed by atoms with Crippen molar-refractivity contribution in [1.82, 2.24) is 14.8 Å². The predicted molar refractivity (Wildman–Crippen MR) is 114 cm³/mol. The molecule has 2 aromatic rings. The normalized spacial score (nSPS) is 25.4. The molecular weight excluding hydrogens is 396 g/mol. The first kappa shape index (κ1) is 20.1. The van der Waals surface area contributed by atoms with Gasteiger partial charge in [0, 0.05) is 43.6 Å². The van der Waals surface area contributed by atoms with Gasteiger partial charge in [-0.15, -0.1) is 0 Å². The van der Waals surface area contributed by atoms with Gasteiger partial charge in [0.25, 0.3) is 5.91 Å². The Bertz CT molecular complexity index is 963. The largest absolute Gasteiger partial charge is 0.394 e. The lowest BCUT2D eigenvalue weighted by Crippen LogP contribution is -2.71. The minimum atomic E-state index is -0.268. The Balaban J connectivity index is 1.43. The first-order valence-electron chi connectivity index (χ1n) is 10.7. The van der Waals surface area contributed by atoms with Crippen LogP contribution in [0.5, 0.6) is 0 Å². The number of aromatic nitrogens is 1. The lowest BCUT2D eigenvalue weighted by atomic mass is 9.71. The standard InChI is InChI=1S/C23H26N4O4/c28-15-20-22-17-5-1-2-6-18(17)26(23(30)16-4-3-7-24-12-16)13-19(22)27(20)21(29)14-25-8-10-31-11-9-25/h1-7,12,19-20,22,28H,8-11,13-15H2/t19-,20+,22+/m1/s1. The van der Waals surface area contributed by atoms with Gasteiger partial charge in [0.05, 0.1) is 44.0 Å². The topological polar surface area (TPSA) is 86.2 Å². The number of benzene rings is 1. The van der Waals surface area contributed by atoms with Crippen molar-refractivity contribution in [2.45, 2.75) is 18.0 Å². The molecule has 0 spiro atoms. The molecule has 3 aliphatic rings. The third-order valence-corrected chi connectivity index (χ3v) is 6.59. The summed E-state index contributed by atoms with van der Waals surface area (Å²) >= 11 is 0. The molecule has 1 aromatic carbocycles. The van der Waals surface area contributed by atoms with E-state index in [1.54, 1.807) is 34.3 Å². The van der Waals surface area contributed by atoms with Gasteiger partial charge in [-0.25, -0.2) is 0 Å². The van der Waals surface area contributed by atoms with E-state index in [1.165, 1.54) is 0 Å². The van der Waals surface area contributed by atoms with Crippen LogP contribution in [-0.4, -0.2) is 89.8 Å². The van der Waals surface area contributed by atoms with E-state index in [4.69, 9.17) is 4.74 Å². The van der Waals surface area contributed by atoms with Gasteiger partial charge in [-0.05, 0) is 23.8 Å². The number of hydrogen-bond acceptors (Lipinski definition) is 6. The van der Waals surface area contributed by atoms with E-state index in [9.17, 15) is 14.7 Å². The number of fused-ring (bicyclic) bond motifs is 3. The number of ether oxygens (including phenoxy) is 1. The van der Waals surface area contributed by atoms with E-state index < -0.39 is 0 Å². The molecule has 3 atom stereocenters. The average molecular weight is 422 g/mol. The molecule has 1 N–H and O–H groups in total. The summed E-state index contributed by atoms with van der Waals surface area (Å²) in [5.41, 5.74) is 2.36. The number of morpholine rings is 1. The quantitative estimate of drug-likeness (QED) is 0.782. The van der Waals surface area contributed by atoms with Gasteiger partial charge >= 0.3 is 0 Å². The number of rotatable bonds is 4. The Hall–Kier alpha value is -2.81. The van der Waals surface area contributed by atoms with E-state index >= 15 is 0 Å². The van der Waals surface area contributed by atoms with Crippen LogP contribution in [0.1, 0.15) is 21.8 Å². The summed E-state index contributed by atoms with van der Waals surface area (Å²) in [6, 6.07) is 10.9. The van der Waals surface area contributed by atoms with E-state index in [1.807, 2.05) is 24.3 Å². The number of anilines is 1. The Morgan fingerprint density at radius 2 is 1.94 bits per heavy atom. The fraction of sp³-hybridized carbons (Fsp3) is 0.435. The molecule has 5 rings (SSSR count). The summed E-state index contributed by atoms with van der Waals surface area (Å²) in [5, 5.41) is 10.1. The fourth-order valence-corrected chi connectivity index (χ4v) is 5.10. The zero-order valence-electron chi connectivity index (χ0n) is 17.3. The predicted octanol–water partition coefficient (Wildman–Crippen LogP) is 0.729. The number of amides is 2. The number of nitrogens with zero attached hydrogens (tertiary/aromatic N) is 4. The van der Waals surface area contributed by atoms with Crippen molar-refractivity contribution in [2.24, 2.45) is 0 Å². The molecule has 1 aromatic heterocycles. The van der Waals surface area contributed by atoms with Crippen molar-refractivity contribution in [1.29, 1.82) is 0 Å². The van der Waals surface area contributed by atoms with Gasteiger partial charge in [0.1, 0.15) is 0 Å². The summed E-state index contributed by atoms with van der Waals surface area (Å²) in [6.45, 7) is 3.33. The maximum Gasteiger partial charge on any atom is 0.259 e. The lowest BCUT2D eigenvalue weighted by Gasteiger charge is -2.59. The Kier molecular flexibility index (Phi) is 5.43. The van der Waals surface area contributed by atoms with Gasteiger partial charge in [-0.1, -0.05) is 18.2 Å². The second-order valence-electron chi connectivity index (χ2n) is 8.25. The fourth-order valence-electron chi connectivity index (χ4n) is 5.10. The second-order valence-corrected chi connectivity index (χ2v) is 8.25. The van der Waals surface area contributed by atoms with Crippen LogP contribution in [0.25, 0.3) is 0 Å². The van der Waals surface area contributed by atoms with Crippen molar-refractivity contribution in [3.63, 3.8) is 0 Å². The van der Waals surface area contributed by atoms with Crippen molar-refractivity contribution in [3.05, 3.63) is 59.9 Å². The lowest BCUT2D eigenvalue weighted by molar-refractivity contribution is -0.152. The van der Waals surface area contributed by atoms with E-state index in [0.717, 1.165) is 24.3 Å². The van der Waals surface area contributed by atoms with Crippen LogP contribution < -0.4 is 4.90 Å². The van der Waals surface area contributed by atoms with Crippen molar-refractivity contribution >= 4 is 17.5 Å². The van der Waals surface area contributed by atoms with Crippen LogP contribution in [-0.2, 0) is 9.53 Å². The van der Waals surface area contributed by atoms with Gasteiger partial charge < -0.3 is 19.6 Å². The highest BCUT2D eigenvalue weighted by Crippen LogP contribution is 2.48. The molecule has 2 fully saturated rings. The average Bonchev–Trinajstić information content (AvgIpc) is 2.80. The summed E-state index contributed by atoms with van der Waals surface area (Å²) < 4.78 is 5.38. The van der Waals surface area contributed by atoms with Crippen LogP contribution >= 0.6 is 0 Å². The molecule has 2 saturated heterocycles. The van der Waals surface area contributed by atoms with Crippen LogP contribution in [0.15, 0.2) is 48.8 Å². The maximum absolute atomic E-state index is 13.3. The number of hydrogen-bond donors (Lipinski definition) is 1. The van der Waals surface area contributed by atoms with Crippen molar-refractivity contribution in [3.8, 4) is 0 Å². The first-order valence-corrected chi connectivity index (χ1v) is 10.7. The number of pyridine rings is 1. The highest BCUT2D eigenvalue weighted by atomic mass is 16.5. The van der Waals surface area contributed by atoms with Crippen molar-refractivity contribution < 1.29 is 19.4 Å².